The molecule has 0 fully saturated rings. The first-order valence-corrected chi connectivity index (χ1v) is 5.40. The Kier molecular flexibility index (Phi) is 9.86. The summed E-state index contributed by atoms with van der Waals surface area (Å²) in [6, 6.07) is 0. The summed E-state index contributed by atoms with van der Waals surface area (Å²) in [5, 5.41) is 2.80. The second-order valence-electron chi connectivity index (χ2n) is 2.89. The topological polar surface area (TPSA) is 38.3 Å². The van der Waals surface area contributed by atoms with Gasteiger partial charge in [-0.1, -0.05) is 6.58 Å². The molecule has 0 heterocycles. The van der Waals surface area contributed by atoms with E-state index in [1.807, 2.05) is 0 Å². The molecule has 0 aromatic rings. The predicted molar refractivity (Wildman–Crippen MR) is 58.3 cm³/mol. The standard InChI is InChI=1S/C10H18ClNO2/c1-2-14-9-5-8-12-10(13)6-3-4-7-11/h2H,1,3-9H2,(H,12,13). The third-order valence-corrected chi connectivity index (χ3v) is 1.93. The molecule has 0 aromatic carbocycles. The third kappa shape index (κ3) is 9.39. The minimum absolute atomic E-state index is 0.0914. The fraction of sp³-hybridized carbons (Fsp3) is 0.700. The van der Waals surface area contributed by atoms with Gasteiger partial charge in [-0.15, -0.1) is 11.6 Å². The Bertz CT molecular complexity index is 162. The van der Waals surface area contributed by atoms with E-state index in [4.69, 9.17) is 16.3 Å². The fourth-order valence-corrected chi connectivity index (χ4v) is 1.12. The van der Waals surface area contributed by atoms with E-state index in [1.54, 1.807) is 0 Å². The summed E-state index contributed by atoms with van der Waals surface area (Å²) < 4.78 is 4.91. The van der Waals surface area contributed by atoms with Crippen LogP contribution >= 0.6 is 11.6 Å². The van der Waals surface area contributed by atoms with E-state index in [0.717, 1.165) is 19.3 Å². The Morgan fingerprint density at radius 3 is 2.86 bits per heavy atom. The first-order chi connectivity index (χ1) is 6.81. The zero-order chi connectivity index (χ0) is 10.6. The number of halogens is 1. The maximum atomic E-state index is 11.1. The summed E-state index contributed by atoms with van der Waals surface area (Å²) in [5.41, 5.74) is 0. The van der Waals surface area contributed by atoms with E-state index in [1.165, 1.54) is 6.26 Å². The second kappa shape index (κ2) is 10.4. The Morgan fingerprint density at radius 2 is 2.21 bits per heavy atom. The van der Waals surface area contributed by atoms with E-state index < -0.39 is 0 Å². The molecule has 4 heteroatoms. The van der Waals surface area contributed by atoms with E-state index in [9.17, 15) is 4.79 Å². The highest BCUT2D eigenvalue weighted by atomic mass is 35.5. The molecule has 0 radical (unpaired) electrons. The van der Waals surface area contributed by atoms with Crippen molar-refractivity contribution in [2.75, 3.05) is 19.0 Å². The maximum Gasteiger partial charge on any atom is 0.219 e. The molecule has 0 bridgehead atoms. The van der Waals surface area contributed by atoms with Crippen molar-refractivity contribution in [3.05, 3.63) is 12.8 Å². The molecule has 0 atom stereocenters. The fourth-order valence-electron chi connectivity index (χ4n) is 0.935. The normalized spacial score (nSPS) is 9.50. The van der Waals surface area contributed by atoms with Gasteiger partial charge in [-0.2, -0.15) is 0 Å². The van der Waals surface area contributed by atoms with Gasteiger partial charge in [0.15, 0.2) is 0 Å². The average molecular weight is 220 g/mol. The lowest BCUT2D eigenvalue weighted by Crippen LogP contribution is -2.24. The van der Waals surface area contributed by atoms with Crippen LogP contribution in [0.15, 0.2) is 12.8 Å². The molecule has 0 aliphatic heterocycles. The quantitative estimate of drug-likeness (QED) is 0.366. The molecular formula is C10H18ClNO2. The molecule has 14 heavy (non-hydrogen) atoms. The molecule has 0 aliphatic carbocycles. The number of nitrogens with one attached hydrogen (secondary N) is 1. The molecule has 0 saturated carbocycles. The summed E-state index contributed by atoms with van der Waals surface area (Å²) in [7, 11) is 0. The highest BCUT2D eigenvalue weighted by Crippen LogP contribution is 1.96. The van der Waals surface area contributed by atoms with Crippen LogP contribution < -0.4 is 5.32 Å². The van der Waals surface area contributed by atoms with Gasteiger partial charge in [-0.3, -0.25) is 4.79 Å². The van der Waals surface area contributed by atoms with E-state index in [0.29, 0.717) is 25.5 Å². The number of carbonyl (C=O) groups is 1. The van der Waals surface area contributed by atoms with Crippen molar-refractivity contribution >= 4 is 17.5 Å². The molecule has 0 saturated heterocycles. The summed E-state index contributed by atoms with van der Waals surface area (Å²) in [4.78, 5) is 11.1. The number of unbranched alkanes of at least 4 members (excludes halogenated alkanes) is 1. The van der Waals surface area contributed by atoms with Gasteiger partial charge in [-0.25, -0.2) is 0 Å². The molecule has 82 valence electrons. The molecule has 0 unspecified atom stereocenters. The lowest BCUT2D eigenvalue weighted by Gasteiger charge is -2.04. The molecule has 0 spiro atoms. The van der Waals surface area contributed by atoms with Crippen LogP contribution in [0.25, 0.3) is 0 Å². The van der Waals surface area contributed by atoms with Crippen molar-refractivity contribution in [1.29, 1.82) is 0 Å². The summed E-state index contributed by atoms with van der Waals surface area (Å²) in [6.45, 7) is 4.68. The third-order valence-electron chi connectivity index (χ3n) is 1.67. The van der Waals surface area contributed by atoms with Crippen LogP contribution in [0.1, 0.15) is 25.7 Å². The van der Waals surface area contributed by atoms with Crippen LogP contribution in [-0.4, -0.2) is 24.9 Å². The Balaban J connectivity index is 3.14. The molecule has 0 rings (SSSR count). The first kappa shape index (κ1) is 13.3. The molecule has 1 N–H and O–H groups in total. The number of alkyl halides is 1. The largest absolute Gasteiger partial charge is 0.502 e. The minimum Gasteiger partial charge on any atom is -0.502 e. The van der Waals surface area contributed by atoms with Crippen LogP contribution in [0.3, 0.4) is 0 Å². The summed E-state index contributed by atoms with van der Waals surface area (Å²) in [5.74, 6) is 0.717. The zero-order valence-electron chi connectivity index (χ0n) is 8.43. The van der Waals surface area contributed by atoms with Gasteiger partial charge in [0.2, 0.25) is 5.91 Å². The molecule has 3 nitrogen and oxygen atoms in total. The van der Waals surface area contributed by atoms with Gasteiger partial charge in [-0.05, 0) is 19.3 Å². The van der Waals surface area contributed by atoms with Crippen molar-refractivity contribution in [2.24, 2.45) is 0 Å². The Hall–Kier alpha value is -0.700. The number of amides is 1. The van der Waals surface area contributed by atoms with E-state index >= 15 is 0 Å². The van der Waals surface area contributed by atoms with Crippen LogP contribution in [0.2, 0.25) is 0 Å². The van der Waals surface area contributed by atoms with Crippen LogP contribution in [0, 0.1) is 0 Å². The highest BCUT2D eigenvalue weighted by Gasteiger charge is 1.99. The van der Waals surface area contributed by atoms with E-state index in [-0.39, 0.29) is 5.91 Å². The number of hydrogen-bond donors (Lipinski definition) is 1. The maximum absolute atomic E-state index is 11.1. The second-order valence-corrected chi connectivity index (χ2v) is 3.27. The van der Waals surface area contributed by atoms with Crippen molar-refractivity contribution < 1.29 is 9.53 Å². The summed E-state index contributed by atoms with van der Waals surface area (Å²) in [6.07, 6.45) is 4.54. The van der Waals surface area contributed by atoms with Crippen LogP contribution in [0.5, 0.6) is 0 Å². The Morgan fingerprint density at radius 1 is 1.43 bits per heavy atom. The van der Waals surface area contributed by atoms with Crippen molar-refractivity contribution in [1.82, 2.24) is 5.32 Å². The lowest BCUT2D eigenvalue weighted by molar-refractivity contribution is -0.121. The summed E-state index contributed by atoms with van der Waals surface area (Å²) >= 11 is 5.49. The number of hydrogen-bond acceptors (Lipinski definition) is 2. The lowest BCUT2D eigenvalue weighted by atomic mass is 10.2. The molecule has 0 aliphatic rings. The number of carbonyl (C=O) groups excluding carboxylic acids is 1. The number of rotatable bonds is 9. The van der Waals surface area contributed by atoms with Crippen molar-refractivity contribution in [2.45, 2.75) is 25.7 Å². The predicted octanol–water partition coefficient (Wildman–Crippen LogP) is 2.06. The molecule has 1 amide bonds. The smallest absolute Gasteiger partial charge is 0.219 e. The molecule has 0 aromatic heterocycles. The number of ether oxygens (including phenoxy) is 1. The van der Waals surface area contributed by atoms with Crippen LogP contribution in [-0.2, 0) is 9.53 Å². The van der Waals surface area contributed by atoms with Gasteiger partial charge >= 0.3 is 0 Å². The highest BCUT2D eigenvalue weighted by molar-refractivity contribution is 6.17. The van der Waals surface area contributed by atoms with Gasteiger partial charge in [0.25, 0.3) is 0 Å². The van der Waals surface area contributed by atoms with Crippen molar-refractivity contribution in [3.8, 4) is 0 Å². The van der Waals surface area contributed by atoms with Gasteiger partial charge < -0.3 is 10.1 Å². The molecular weight excluding hydrogens is 202 g/mol. The SMILES string of the molecule is C=COCCCNC(=O)CCCCCl. The van der Waals surface area contributed by atoms with Gasteiger partial charge in [0.05, 0.1) is 12.9 Å². The minimum atomic E-state index is 0.0914. The average Bonchev–Trinajstić information content (AvgIpc) is 2.18. The van der Waals surface area contributed by atoms with Gasteiger partial charge in [0.1, 0.15) is 0 Å². The van der Waals surface area contributed by atoms with E-state index in [2.05, 4.69) is 11.9 Å². The van der Waals surface area contributed by atoms with Gasteiger partial charge in [0, 0.05) is 18.8 Å². The monoisotopic (exact) mass is 219 g/mol. The van der Waals surface area contributed by atoms with Crippen molar-refractivity contribution in [3.63, 3.8) is 0 Å². The zero-order valence-corrected chi connectivity index (χ0v) is 9.18. The first-order valence-electron chi connectivity index (χ1n) is 4.86. The van der Waals surface area contributed by atoms with Crippen LogP contribution in [0.4, 0.5) is 0 Å². The Labute approximate surface area is 90.5 Å².